The first-order valence-electron chi connectivity index (χ1n) is 7.84. The zero-order chi connectivity index (χ0) is 15.4. The van der Waals surface area contributed by atoms with Gasteiger partial charge in [0.15, 0.2) is 5.13 Å². The van der Waals surface area contributed by atoms with Gasteiger partial charge in [-0.05, 0) is 25.7 Å². The lowest BCUT2D eigenvalue weighted by molar-refractivity contribution is 0.0699. The van der Waals surface area contributed by atoms with Crippen LogP contribution in [0.25, 0.3) is 0 Å². The largest absolute Gasteiger partial charge is 0.382 e. The molecule has 1 aromatic rings. The molecule has 6 heteroatoms. The summed E-state index contributed by atoms with van der Waals surface area (Å²) in [4.78, 5) is 19.5. The van der Waals surface area contributed by atoms with Crippen molar-refractivity contribution < 1.29 is 4.79 Å². The van der Waals surface area contributed by atoms with E-state index in [1.165, 1.54) is 24.2 Å². The van der Waals surface area contributed by atoms with Crippen molar-refractivity contribution in [1.29, 1.82) is 0 Å². The van der Waals surface area contributed by atoms with Crippen LogP contribution in [0.5, 0.6) is 0 Å². The molecule has 1 aliphatic rings. The third-order valence-electron chi connectivity index (χ3n) is 3.88. The Kier molecular flexibility index (Phi) is 5.45. The van der Waals surface area contributed by atoms with E-state index in [-0.39, 0.29) is 5.91 Å². The lowest BCUT2D eigenvalue weighted by Crippen LogP contribution is -2.38. The maximum absolute atomic E-state index is 12.7. The first kappa shape index (κ1) is 16.1. The van der Waals surface area contributed by atoms with Crippen molar-refractivity contribution in [1.82, 2.24) is 9.88 Å². The molecule has 0 radical (unpaired) electrons. The fourth-order valence-electron chi connectivity index (χ4n) is 2.77. The van der Waals surface area contributed by atoms with Gasteiger partial charge in [0.2, 0.25) is 0 Å². The molecule has 118 valence electrons. The molecule has 0 saturated heterocycles. The number of nitrogen functional groups attached to an aromatic ring is 1. The van der Waals surface area contributed by atoms with E-state index >= 15 is 0 Å². The highest BCUT2D eigenvalue weighted by atomic mass is 32.1. The van der Waals surface area contributed by atoms with Gasteiger partial charge < -0.3 is 16.0 Å². The summed E-state index contributed by atoms with van der Waals surface area (Å²) in [6.07, 6.45) is 4.65. The fourth-order valence-corrected chi connectivity index (χ4v) is 3.61. The third kappa shape index (κ3) is 3.87. The van der Waals surface area contributed by atoms with Crippen molar-refractivity contribution in [3.05, 3.63) is 4.88 Å². The second kappa shape index (κ2) is 7.11. The summed E-state index contributed by atoms with van der Waals surface area (Å²) in [5.74, 6) is 0.921. The van der Waals surface area contributed by atoms with Crippen molar-refractivity contribution in [3.8, 4) is 0 Å². The normalized spacial score (nSPS) is 15.6. The minimum Gasteiger partial charge on any atom is -0.382 e. The molecule has 1 aliphatic carbocycles. The molecule has 0 aliphatic heterocycles. The molecule has 0 spiro atoms. The zero-order valence-corrected chi connectivity index (χ0v) is 14.0. The van der Waals surface area contributed by atoms with E-state index in [0.29, 0.717) is 22.7 Å². The van der Waals surface area contributed by atoms with Gasteiger partial charge in [-0.3, -0.25) is 4.79 Å². The number of nitrogens with zero attached hydrogens (tertiary/aromatic N) is 2. The molecule has 1 fully saturated rings. The number of anilines is 2. The number of hydrogen-bond donors (Lipinski definition) is 2. The van der Waals surface area contributed by atoms with Crippen LogP contribution in [0.15, 0.2) is 0 Å². The number of aromatic nitrogens is 1. The number of hydrogen-bond acceptors (Lipinski definition) is 5. The number of rotatable bonds is 6. The van der Waals surface area contributed by atoms with E-state index in [1.807, 2.05) is 11.8 Å². The fraction of sp³-hybridized carbons (Fsp3) is 0.733. The number of carbonyl (C=O) groups is 1. The summed E-state index contributed by atoms with van der Waals surface area (Å²) in [5, 5.41) is 3.99. The molecular weight excluding hydrogens is 284 g/mol. The average Bonchev–Trinajstić information content (AvgIpc) is 3.07. The highest BCUT2D eigenvalue weighted by molar-refractivity contribution is 7.18. The van der Waals surface area contributed by atoms with E-state index in [9.17, 15) is 4.79 Å². The van der Waals surface area contributed by atoms with Gasteiger partial charge in [-0.2, -0.15) is 0 Å². The van der Waals surface area contributed by atoms with E-state index in [0.717, 1.165) is 31.1 Å². The van der Waals surface area contributed by atoms with Crippen molar-refractivity contribution in [3.63, 3.8) is 0 Å². The summed E-state index contributed by atoms with van der Waals surface area (Å²) < 4.78 is 0. The van der Waals surface area contributed by atoms with Crippen LogP contribution in [-0.4, -0.2) is 34.9 Å². The van der Waals surface area contributed by atoms with E-state index in [4.69, 9.17) is 5.73 Å². The quantitative estimate of drug-likeness (QED) is 0.846. The van der Waals surface area contributed by atoms with Crippen molar-refractivity contribution in [2.45, 2.75) is 52.5 Å². The standard InChI is InChI=1S/C15H26N4OS/c1-4-19(11-7-5-6-8-11)14(20)12-13(16)18-15(21-12)17-9-10(2)3/h10-11H,4-9,16H2,1-3H3,(H,17,18). The molecule has 0 atom stereocenters. The van der Waals surface area contributed by atoms with E-state index in [2.05, 4.69) is 24.1 Å². The van der Waals surface area contributed by atoms with Crippen LogP contribution < -0.4 is 11.1 Å². The smallest absolute Gasteiger partial charge is 0.268 e. The van der Waals surface area contributed by atoms with Gasteiger partial charge in [0.25, 0.3) is 5.91 Å². The number of thiazole rings is 1. The summed E-state index contributed by atoms with van der Waals surface area (Å²) in [7, 11) is 0. The maximum atomic E-state index is 12.7. The van der Waals surface area contributed by atoms with Crippen molar-refractivity contribution in [2.24, 2.45) is 5.92 Å². The van der Waals surface area contributed by atoms with Gasteiger partial charge in [0.1, 0.15) is 10.7 Å². The Labute approximate surface area is 130 Å². The topological polar surface area (TPSA) is 71.2 Å². The van der Waals surface area contributed by atoms with E-state index < -0.39 is 0 Å². The second-order valence-corrected chi connectivity index (χ2v) is 7.04. The molecule has 1 saturated carbocycles. The van der Waals surface area contributed by atoms with Crippen molar-refractivity contribution >= 4 is 28.2 Å². The highest BCUT2D eigenvalue weighted by Gasteiger charge is 2.29. The zero-order valence-electron chi connectivity index (χ0n) is 13.2. The number of nitrogens with two attached hydrogens (primary N) is 1. The van der Waals surface area contributed by atoms with Gasteiger partial charge >= 0.3 is 0 Å². The molecule has 21 heavy (non-hydrogen) atoms. The Morgan fingerprint density at radius 1 is 1.48 bits per heavy atom. The van der Waals surface area contributed by atoms with Gasteiger partial charge in [-0.15, -0.1) is 0 Å². The molecule has 2 rings (SSSR count). The molecule has 0 bridgehead atoms. The summed E-state index contributed by atoms with van der Waals surface area (Å²) in [6, 6.07) is 0.371. The lowest BCUT2D eigenvalue weighted by atomic mass is 10.2. The Hall–Kier alpha value is -1.30. The lowest BCUT2D eigenvalue weighted by Gasteiger charge is -2.27. The molecule has 3 N–H and O–H groups in total. The van der Waals surface area contributed by atoms with Gasteiger partial charge in [-0.1, -0.05) is 38.0 Å². The van der Waals surface area contributed by atoms with Crippen LogP contribution >= 0.6 is 11.3 Å². The summed E-state index contributed by atoms with van der Waals surface area (Å²) >= 11 is 1.37. The minimum absolute atomic E-state index is 0.0389. The first-order valence-corrected chi connectivity index (χ1v) is 8.65. The van der Waals surface area contributed by atoms with Crippen molar-refractivity contribution in [2.75, 3.05) is 24.1 Å². The molecule has 1 heterocycles. The Morgan fingerprint density at radius 2 is 2.14 bits per heavy atom. The summed E-state index contributed by atoms with van der Waals surface area (Å²) in [5.41, 5.74) is 5.95. The first-order chi connectivity index (χ1) is 10.0. The average molecular weight is 310 g/mol. The maximum Gasteiger partial charge on any atom is 0.268 e. The molecule has 0 aromatic carbocycles. The monoisotopic (exact) mass is 310 g/mol. The van der Waals surface area contributed by atoms with Crippen LogP contribution in [-0.2, 0) is 0 Å². The molecule has 0 unspecified atom stereocenters. The SMILES string of the molecule is CCN(C(=O)c1sc(NCC(C)C)nc1N)C1CCCC1. The molecule has 1 aromatic heterocycles. The van der Waals surface area contributed by atoms with Crippen LogP contribution in [0, 0.1) is 5.92 Å². The minimum atomic E-state index is 0.0389. The predicted molar refractivity (Wildman–Crippen MR) is 88.8 cm³/mol. The summed E-state index contributed by atoms with van der Waals surface area (Å²) in [6.45, 7) is 7.87. The van der Waals surface area contributed by atoms with Crippen LogP contribution in [0.2, 0.25) is 0 Å². The van der Waals surface area contributed by atoms with Gasteiger partial charge in [-0.25, -0.2) is 4.98 Å². The second-order valence-electron chi connectivity index (χ2n) is 6.04. The molecular formula is C15H26N4OS. The highest BCUT2D eigenvalue weighted by Crippen LogP contribution is 2.30. The van der Waals surface area contributed by atoms with Crippen LogP contribution in [0.4, 0.5) is 10.9 Å². The third-order valence-corrected chi connectivity index (χ3v) is 4.89. The van der Waals surface area contributed by atoms with Crippen LogP contribution in [0.1, 0.15) is 56.1 Å². The Balaban J connectivity index is 2.10. The van der Waals surface area contributed by atoms with E-state index in [1.54, 1.807) is 0 Å². The van der Waals surface area contributed by atoms with Gasteiger partial charge in [0, 0.05) is 19.1 Å². The number of carbonyl (C=O) groups excluding carboxylic acids is 1. The molecule has 1 amide bonds. The number of amides is 1. The predicted octanol–water partition coefficient (Wildman–Crippen LogP) is 3.20. The van der Waals surface area contributed by atoms with Crippen LogP contribution in [0.3, 0.4) is 0 Å². The van der Waals surface area contributed by atoms with Gasteiger partial charge in [0.05, 0.1) is 0 Å². The number of nitrogens with one attached hydrogen (secondary N) is 1. The molecule has 5 nitrogen and oxygen atoms in total. The Morgan fingerprint density at radius 3 is 2.71 bits per heavy atom. The Bertz CT molecular complexity index is 480.